The minimum atomic E-state index is -0.943. The summed E-state index contributed by atoms with van der Waals surface area (Å²) in [6.07, 6.45) is 6.41. The van der Waals surface area contributed by atoms with Gasteiger partial charge in [-0.3, -0.25) is 19.2 Å². The van der Waals surface area contributed by atoms with E-state index >= 15 is 0 Å². The number of nitrogens with zero attached hydrogens (tertiary/aromatic N) is 11. The number of carbonyl (C=O) groups is 4. The molecule has 19 nitrogen and oxygen atoms in total. The zero-order chi connectivity index (χ0) is 73.3. The van der Waals surface area contributed by atoms with Crippen LogP contribution in [0.2, 0.25) is 30.1 Å². The first-order chi connectivity index (χ1) is 50.9. The number of aromatic nitrogens is 11. The Morgan fingerprint density at radius 2 is 0.619 bits per heavy atom. The lowest BCUT2D eigenvalue weighted by Crippen LogP contribution is -2.16. The Kier molecular flexibility index (Phi) is 22.7. The van der Waals surface area contributed by atoms with Crippen LogP contribution >= 0.6 is 116 Å². The molecule has 0 fully saturated rings. The molecule has 8 heterocycles. The molecule has 32 heteroatoms. The van der Waals surface area contributed by atoms with E-state index in [2.05, 4.69) is 72.4 Å². The van der Waals surface area contributed by atoms with E-state index in [-0.39, 0.29) is 23.2 Å². The fraction of sp³-hybridized carbons (Fsp3) is 0. The molecule has 0 aliphatic heterocycles. The maximum Gasteiger partial charge on any atom is 0.262 e. The standard InChI is InChI=1S/C19H11Cl2N3OS.C18H10Cl2N4OS.C18H9ClF2N4OS.C18H10ClFN4OS/c20-14-4-2-1-3-12(14)19(25)24-18-6-5-11(9-22-18)13-7-17-16(8-15(13)21)23-10-26-17;19-13-4-2-1-3-11(13)18(25)22-17-6-5-10(9-21-17)12-7-15-16(8-14(12)20)24-26-23-15;19-11-7-15-14(24-27-25-15)6-10(11)9-4-5-16(22-8-9)23-18(26)17-12(20)2-1-3-13(17)21;19-13-8-16-15(23-26-24-16)7-12(13)10-5-6-17(21-9-10)22-18(25)11-3-1-2-4-14(11)20/h1-10H,(H,22,24,25);1-9H,(H,21,22,25);1-8H,(H,22,23,26);1-9H,(H,21,22,25). The highest BCUT2D eigenvalue weighted by Crippen LogP contribution is 2.37. The van der Waals surface area contributed by atoms with Gasteiger partial charge in [0.2, 0.25) is 0 Å². The van der Waals surface area contributed by atoms with Crippen LogP contribution in [0.1, 0.15) is 41.4 Å². The number of fused-ring (bicyclic) bond motifs is 4. The number of hydrogen-bond donors (Lipinski definition) is 4. The van der Waals surface area contributed by atoms with Crippen molar-refractivity contribution in [1.29, 1.82) is 0 Å². The minimum Gasteiger partial charge on any atom is -0.307 e. The lowest BCUT2D eigenvalue weighted by molar-refractivity contribution is 0.101. The van der Waals surface area contributed by atoms with Crippen molar-refractivity contribution < 1.29 is 32.3 Å². The molecule has 8 aromatic heterocycles. The molecule has 16 aromatic rings. The second-order valence-corrected chi connectivity index (χ2v) is 26.9. The van der Waals surface area contributed by atoms with E-state index in [0.29, 0.717) is 80.9 Å². The number of pyridine rings is 4. The van der Waals surface area contributed by atoms with Gasteiger partial charge in [-0.2, -0.15) is 26.2 Å². The molecule has 0 saturated heterocycles. The molecule has 0 radical (unpaired) electrons. The summed E-state index contributed by atoms with van der Waals surface area (Å²) >= 11 is 42.3. The quantitative estimate of drug-likeness (QED) is 0.0887. The Morgan fingerprint density at radius 1 is 0.305 bits per heavy atom. The van der Waals surface area contributed by atoms with E-state index in [1.54, 1.807) is 145 Å². The van der Waals surface area contributed by atoms with Gasteiger partial charge >= 0.3 is 0 Å². The van der Waals surface area contributed by atoms with Crippen molar-refractivity contribution in [3.05, 3.63) is 288 Å². The minimum absolute atomic E-state index is 0.0390. The fourth-order valence-electron chi connectivity index (χ4n) is 10.1. The maximum absolute atomic E-state index is 13.7. The van der Waals surface area contributed by atoms with E-state index in [1.165, 1.54) is 36.5 Å². The van der Waals surface area contributed by atoms with Crippen LogP contribution in [-0.4, -0.2) is 74.8 Å². The van der Waals surface area contributed by atoms with Gasteiger partial charge in [0.1, 0.15) is 79.4 Å². The molecule has 518 valence electrons. The predicted molar refractivity (Wildman–Crippen MR) is 412 cm³/mol. The summed E-state index contributed by atoms with van der Waals surface area (Å²) in [4.78, 5) is 70.0. The van der Waals surface area contributed by atoms with Gasteiger partial charge in [-0.25, -0.2) is 38.1 Å². The Morgan fingerprint density at radius 3 is 0.981 bits per heavy atom. The van der Waals surface area contributed by atoms with Crippen molar-refractivity contribution in [3.63, 3.8) is 0 Å². The molecular weight excluding hydrogens is 1550 g/mol. The average Bonchev–Trinajstić information content (AvgIpc) is 1.33. The summed E-state index contributed by atoms with van der Waals surface area (Å²) in [6, 6.07) is 51.1. The van der Waals surface area contributed by atoms with Crippen molar-refractivity contribution in [2.24, 2.45) is 0 Å². The van der Waals surface area contributed by atoms with Crippen molar-refractivity contribution >= 4 is 206 Å². The highest BCUT2D eigenvalue weighted by Gasteiger charge is 2.20. The van der Waals surface area contributed by atoms with Gasteiger partial charge in [0.25, 0.3) is 23.6 Å². The van der Waals surface area contributed by atoms with Crippen LogP contribution < -0.4 is 21.3 Å². The molecule has 0 saturated carbocycles. The molecule has 0 aliphatic rings. The van der Waals surface area contributed by atoms with E-state index in [1.807, 2.05) is 36.4 Å². The van der Waals surface area contributed by atoms with E-state index < -0.39 is 34.8 Å². The van der Waals surface area contributed by atoms with Crippen LogP contribution in [0.15, 0.2) is 218 Å². The average molecular weight is 1590 g/mol. The van der Waals surface area contributed by atoms with Gasteiger partial charge in [0, 0.05) is 69.3 Å². The number of amides is 4. The van der Waals surface area contributed by atoms with Gasteiger partial charge in [0.15, 0.2) is 0 Å². The summed E-state index contributed by atoms with van der Waals surface area (Å²) in [5.74, 6) is -3.24. The highest BCUT2D eigenvalue weighted by molar-refractivity contribution is 7.16. The molecular formula is C73H40Cl6F3N15O4S4. The van der Waals surface area contributed by atoms with Gasteiger partial charge in [-0.05, 0) is 146 Å². The molecule has 0 aliphatic carbocycles. The largest absolute Gasteiger partial charge is 0.307 e. The number of benzene rings is 8. The van der Waals surface area contributed by atoms with Crippen LogP contribution in [0.4, 0.5) is 36.4 Å². The monoisotopic (exact) mass is 1590 g/mol. The van der Waals surface area contributed by atoms with Gasteiger partial charge < -0.3 is 21.3 Å². The van der Waals surface area contributed by atoms with Crippen molar-refractivity contribution in [1.82, 2.24) is 51.2 Å². The van der Waals surface area contributed by atoms with E-state index in [0.717, 1.165) is 113 Å². The summed E-state index contributed by atoms with van der Waals surface area (Å²) in [5.41, 5.74) is 13.5. The van der Waals surface area contributed by atoms with Crippen LogP contribution in [-0.2, 0) is 0 Å². The molecule has 8 aromatic carbocycles. The van der Waals surface area contributed by atoms with Gasteiger partial charge in [0.05, 0.1) is 97.7 Å². The number of thiazole rings is 1. The SMILES string of the molecule is O=C(Nc1ccc(-c2cc3nsnc3cc2Cl)cn1)c1c(F)cccc1F.O=C(Nc1ccc(-c2cc3nsnc3cc2Cl)cn1)c1ccccc1Cl.O=C(Nc1ccc(-c2cc3nsnc3cc2Cl)cn1)c1ccccc1F.O=C(Nc1ccc(-c2cc3scnc3cc2Cl)cn1)c1ccccc1Cl. The fourth-order valence-corrected chi connectivity index (χ4v) is 13.8. The normalized spacial score (nSPS) is 10.9. The second kappa shape index (κ2) is 32.8. The first-order valence-electron chi connectivity index (χ1n) is 30.4. The van der Waals surface area contributed by atoms with Gasteiger partial charge in [-0.15, -0.1) is 11.3 Å². The van der Waals surface area contributed by atoms with Crippen LogP contribution in [0.5, 0.6) is 0 Å². The maximum atomic E-state index is 13.7. The number of rotatable bonds is 12. The highest BCUT2D eigenvalue weighted by atomic mass is 35.5. The number of hydrogen-bond acceptors (Lipinski definition) is 19. The summed E-state index contributed by atoms with van der Waals surface area (Å²) in [6.45, 7) is 0. The molecule has 105 heavy (non-hydrogen) atoms. The molecule has 4 amide bonds. The first-order valence-corrected chi connectivity index (χ1v) is 35.8. The summed E-state index contributed by atoms with van der Waals surface area (Å²) in [7, 11) is 0. The molecule has 0 atom stereocenters. The Bertz CT molecular complexity index is 5500. The summed E-state index contributed by atoms with van der Waals surface area (Å²) in [5, 5.41) is 13.4. The van der Waals surface area contributed by atoms with E-state index in [9.17, 15) is 32.3 Å². The molecule has 0 spiro atoms. The van der Waals surface area contributed by atoms with Gasteiger partial charge in [-0.1, -0.05) is 112 Å². The molecule has 0 bridgehead atoms. The van der Waals surface area contributed by atoms with Crippen LogP contribution in [0.25, 0.3) is 87.8 Å². The summed E-state index contributed by atoms with van der Waals surface area (Å²) < 4.78 is 67.2. The Balaban J connectivity index is 0.000000124. The third-order valence-electron chi connectivity index (χ3n) is 15.3. The zero-order valence-electron chi connectivity index (χ0n) is 52.9. The topological polar surface area (TPSA) is 258 Å². The van der Waals surface area contributed by atoms with Crippen LogP contribution in [0.3, 0.4) is 0 Å². The smallest absolute Gasteiger partial charge is 0.262 e. The Labute approximate surface area is 638 Å². The number of carbonyl (C=O) groups excluding carboxylic acids is 4. The lowest BCUT2D eigenvalue weighted by atomic mass is 10.1. The Hall–Kier alpha value is -10.9. The second-order valence-electron chi connectivity index (χ2n) is 22.0. The number of halogens is 9. The predicted octanol–water partition coefficient (Wildman–Crippen LogP) is 21.0. The third kappa shape index (κ3) is 17.2. The van der Waals surface area contributed by atoms with Crippen molar-refractivity contribution in [2.75, 3.05) is 21.3 Å². The molecule has 16 rings (SSSR count). The van der Waals surface area contributed by atoms with Crippen molar-refractivity contribution in [2.45, 2.75) is 0 Å². The number of anilines is 4. The van der Waals surface area contributed by atoms with Crippen LogP contribution in [0, 0.1) is 17.5 Å². The molecule has 0 unspecified atom stereocenters. The number of nitrogens with one attached hydrogen (secondary N) is 4. The molecule has 4 N–H and O–H groups in total. The van der Waals surface area contributed by atoms with E-state index in [4.69, 9.17) is 69.6 Å². The van der Waals surface area contributed by atoms with Crippen molar-refractivity contribution in [3.8, 4) is 44.5 Å². The third-order valence-corrected chi connectivity index (χ3v) is 19.6. The first kappa shape index (κ1) is 72.5. The lowest BCUT2D eigenvalue weighted by Gasteiger charge is -2.08. The zero-order valence-corrected chi connectivity index (χ0v) is 60.7.